The topological polar surface area (TPSA) is 69.2 Å². The summed E-state index contributed by atoms with van der Waals surface area (Å²) in [5, 5.41) is 0.187. The van der Waals surface area contributed by atoms with Crippen molar-refractivity contribution in [1.82, 2.24) is 19.4 Å². The van der Waals surface area contributed by atoms with Gasteiger partial charge in [0.2, 0.25) is 0 Å². The van der Waals surface area contributed by atoms with Crippen LogP contribution in [0.1, 0.15) is 30.0 Å². The molecule has 31 heavy (non-hydrogen) atoms. The number of aromatic nitrogens is 3. The van der Waals surface area contributed by atoms with Crippen LogP contribution in [0.15, 0.2) is 36.7 Å². The number of hydrogen-bond donors (Lipinski definition) is 1. The predicted octanol–water partition coefficient (Wildman–Crippen LogP) is 4.78. The standard InChI is InChI=1S/C21H21ClF3N5O/c1-12(15-8-14(22)3-4-16(15)21(23,24)25)31-18-7-13(9-27-20(18)26)17-10-30-6-5-29(2)11-19(30)28-17/h3-4,7-10,12H,5-6,11H2,1-2H3,(H2,26,27). The Hall–Kier alpha value is -2.78. The quantitative estimate of drug-likeness (QED) is 0.618. The molecule has 0 saturated carbocycles. The molecule has 1 aromatic carbocycles. The lowest BCUT2D eigenvalue weighted by atomic mass is 10.0. The summed E-state index contributed by atoms with van der Waals surface area (Å²) >= 11 is 5.94. The van der Waals surface area contributed by atoms with E-state index < -0.39 is 17.8 Å². The van der Waals surface area contributed by atoms with Crippen LogP contribution in [0.4, 0.5) is 19.0 Å². The summed E-state index contributed by atoms with van der Waals surface area (Å²) in [6.07, 6.45) is -1.99. The zero-order chi connectivity index (χ0) is 22.3. The molecule has 2 N–H and O–H groups in total. The Bertz CT molecular complexity index is 1110. The molecule has 1 atom stereocenters. The van der Waals surface area contributed by atoms with Crippen molar-refractivity contribution in [2.45, 2.75) is 32.3 Å². The number of nitrogens with two attached hydrogens (primary N) is 1. The second kappa shape index (κ2) is 8.05. The summed E-state index contributed by atoms with van der Waals surface area (Å²) in [6, 6.07) is 5.05. The van der Waals surface area contributed by atoms with Gasteiger partial charge in [-0.25, -0.2) is 9.97 Å². The number of nitrogens with zero attached hydrogens (tertiary/aromatic N) is 4. The number of likely N-dealkylation sites (N-methyl/N-ethyl adjacent to an activating group) is 1. The van der Waals surface area contributed by atoms with Crippen LogP contribution in [0.3, 0.4) is 0 Å². The van der Waals surface area contributed by atoms with Gasteiger partial charge < -0.3 is 15.0 Å². The van der Waals surface area contributed by atoms with Gasteiger partial charge in [-0.05, 0) is 38.2 Å². The lowest BCUT2D eigenvalue weighted by Gasteiger charge is -2.22. The Morgan fingerprint density at radius 3 is 2.74 bits per heavy atom. The molecule has 0 fully saturated rings. The molecule has 10 heteroatoms. The summed E-state index contributed by atoms with van der Waals surface area (Å²) in [6.45, 7) is 4.00. The number of benzene rings is 1. The van der Waals surface area contributed by atoms with Crippen LogP contribution in [0.5, 0.6) is 5.75 Å². The molecule has 0 aliphatic carbocycles. The monoisotopic (exact) mass is 451 g/mol. The molecule has 1 unspecified atom stereocenters. The number of anilines is 1. The van der Waals surface area contributed by atoms with Crippen molar-refractivity contribution >= 4 is 17.4 Å². The van der Waals surface area contributed by atoms with Gasteiger partial charge >= 0.3 is 6.18 Å². The van der Waals surface area contributed by atoms with E-state index in [0.29, 0.717) is 11.3 Å². The van der Waals surface area contributed by atoms with Gasteiger partial charge in [0.05, 0.1) is 17.8 Å². The van der Waals surface area contributed by atoms with Crippen LogP contribution in [0.25, 0.3) is 11.3 Å². The minimum Gasteiger partial charge on any atom is -0.482 e. The molecule has 0 saturated heterocycles. The van der Waals surface area contributed by atoms with E-state index in [4.69, 9.17) is 22.1 Å². The number of imidazole rings is 1. The molecule has 1 aliphatic rings. The van der Waals surface area contributed by atoms with Crippen molar-refractivity contribution in [3.63, 3.8) is 0 Å². The Morgan fingerprint density at radius 1 is 1.23 bits per heavy atom. The van der Waals surface area contributed by atoms with Crippen molar-refractivity contribution in [3.05, 3.63) is 58.6 Å². The number of halogens is 4. The smallest absolute Gasteiger partial charge is 0.416 e. The Morgan fingerprint density at radius 2 is 2.00 bits per heavy atom. The van der Waals surface area contributed by atoms with Gasteiger partial charge in [0.1, 0.15) is 11.9 Å². The Balaban J connectivity index is 1.64. The maximum absolute atomic E-state index is 13.4. The van der Waals surface area contributed by atoms with E-state index in [0.717, 1.165) is 31.5 Å². The normalized spacial score (nSPS) is 15.5. The summed E-state index contributed by atoms with van der Waals surface area (Å²) in [7, 11) is 2.03. The maximum atomic E-state index is 13.4. The van der Waals surface area contributed by atoms with Gasteiger partial charge in [0, 0.05) is 41.6 Å². The maximum Gasteiger partial charge on any atom is 0.416 e. The molecule has 164 valence electrons. The highest BCUT2D eigenvalue weighted by molar-refractivity contribution is 6.30. The number of ether oxygens (including phenoxy) is 1. The van der Waals surface area contributed by atoms with Gasteiger partial charge in [-0.2, -0.15) is 13.2 Å². The Kier molecular flexibility index (Phi) is 5.57. The van der Waals surface area contributed by atoms with E-state index in [9.17, 15) is 13.2 Å². The lowest BCUT2D eigenvalue weighted by molar-refractivity contribution is -0.138. The fourth-order valence-corrected chi connectivity index (χ4v) is 3.76. The molecular weight excluding hydrogens is 431 g/mol. The van der Waals surface area contributed by atoms with Crippen LogP contribution in [0.2, 0.25) is 5.02 Å². The number of alkyl halides is 3. The van der Waals surface area contributed by atoms with Gasteiger partial charge in [-0.3, -0.25) is 4.90 Å². The van der Waals surface area contributed by atoms with E-state index in [2.05, 4.69) is 19.4 Å². The molecule has 0 spiro atoms. The highest BCUT2D eigenvalue weighted by Crippen LogP contribution is 2.38. The van der Waals surface area contributed by atoms with Crippen molar-refractivity contribution in [3.8, 4) is 17.0 Å². The molecule has 3 heterocycles. The highest BCUT2D eigenvalue weighted by Gasteiger charge is 2.35. The first-order valence-corrected chi connectivity index (χ1v) is 10.0. The number of hydrogen-bond acceptors (Lipinski definition) is 5. The molecule has 0 amide bonds. The zero-order valence-electron chi connectivity index (χ0n) is 16.9. The first-order valence-electron chi connectivity index (χ1n) is 9.65. The number of pyridine rings is 1. The van der Waals surface area contributed by atoms with E-state index in [1.54, 1.807) is 12.3 Å². The minimum atomic E-state index is -4.54. The third kappa shape index (κ3) is 4.47. The van der Waals surface area contributed by atoms with Crippen LogP contribution >= 0.6 is 11.6 Å². The van der Waals surface area contributed by atoms with Crippen LogP contribution in [-0.2, 0) is 19.3 Å². The van der Waals surface area contributed by atoms with E-state index >= 15 is 0 Å². The summed E-state index contributed by atoms with van der Waals surface area (Å²) in [4.78, 5) is 11.0. The largest absolute Gasteiger partial charge is 0.482 e. The molecule has 3 aromatic rings. The van der Waals surface area contributed by atoms with Crippen molar-refractivity contribution in [2.24, 2.45) is 0 Å². The highest BCUT2D eigenvalue weighted by atomic mass is 35.5. The second-order valence-corrected chi connectivity index (χ2v) is 8.01. The number of fused-ring (bicyclic) bond motifs is 1. The van der Waals surface area contributed by atoms with E-state index in [1.807, 2.05) is 13.2 Å². The number of nitrogen functional groups attached to an aromatic ring is 1. The van der Waals surface area contributed by atoms with Gasteiger partial charge in [-0.1, -0.05) is 11.6 Å². The fourth-order valence-electron chi connectivity index (χ4n) is 3.58. The van der Waals surface area contributed by atoms with Crippen LogP contribution in [0, 0.1) is 0 Å². The molecule has 4 rings (SSSR count). The molecular formula is C21H21ClF3N5O. The minimum absolute atomic E-state index is 0.0784. The third-order valence-corrected chi connectivity index (χ3v) is 5.47. The van der Waals surface area contributed by atoms with E-state index in [-0.39, 0.29) is 22.2 Å². The van der Waals surface area contributed by atoms with Crippen molar-refractivity contribution in [1.29, 1.82) is 0 Å². The second-order valence-electron chi connectivity index (χ2n) is 7.57. The lowest BCUT2D eigenvalue weighted by Crippen LogP contribution is -2.30. The average Bonchev–Trinajstić information content (AvgIpc) is 3.11. The summed E-state index contributed by atoms with van der Waals surface area (Å²) < 4.78 is 48.2. The zero-order valence-corrected chi connectivity index (χ0v) is 17.7. The van der Waals surface area contributed by atoms with Gasteiger partial charge in [0.15, 0.2) is 11.6 Å². The molecule has 0 radical (unpaired) electrons. The fraction of sp³-hybridized carbons (Fsp3) is 0.333. The van der Waals surface area contributed by atoms with E-state index in [1.165, 1.54) is 19.1 Å². The SMILES string of the molecule is CC(Oc1cc(-c2cn3c(n2)CN(C)CC3)cnc1N)c1cc(Cl)ccc1C(F)(F)F. The number of rotatable bonds is 4. The molecule has 0 bridgehead atoms. The summed E-state index contributed by atoms with van der Waals surface area (Å²) in [5.41, 5.74) is 6.43. The first kappa shape index (κ1) is 21.5. The van der Waals surface area contributed by atoms with Gasteiger partial charge in [0.25, 0.3) is 0 Å². The summed E-state index contributed by atoms with van der Waals surface area (Å²) in [5.74, 6) is 1.20. The van der Waals surface area contributed by atoms with Crippen LogP contribution in [-0.4, -0.2) is 33.0 Å². The third-order valence-electron chi connectivity index (χ3n) is 5.23. The molecule has 6 nitrogen and oxygen atoms in total. The van der Waals surface area contributed by atoms with Crippen LogP contribution < -0.4 is 10.5 Å². The molecule has 2 aromatic heterocycles. The van der Waals surface area contributed by atoms with Gasteiger partial charge in [-0.15, -0.1) is 0 Å². The van der Waals surface area contributed by atoms with Crippen molar-refractivity contribution < 1.29 is 17.9 Å². The molecule has 1 aliphatic heterocycles. The predicted molar refractivity (Wildman–Crippen MR) is 112 cm³/mol. The average molecular weight is 452 g/mol. The van der Waals surface area contributed by atoms with Crippen molar-refractivity contribution in [2.75, 3.05) is 19.3 Å². The Labute approximate surface area is 182 Å². The first-order chi connectivity index (χ1) is 14.6.